The van der Waals surface area contributed by atoms with Crippen LogP contribution in [0.2, 0.25) is 0 Å². The van der Waals surface area contributed by atoms with Gasteiger partial charge < -0.3 is 4.42 Å². The van der Waals surface area contributed by atoms with E-state index in [0.29, 0.717) is 0 Å². The molecule has 114 valence electrons. The molecule has 0 fully saturated rings. The van der Waals surface area contributed by atoms with Gasteiger partial charge in [-0.25, -0.2) is 0 Å². The van der Waals surface area contributed by atoms with Gasteiger partial charge in [0.05, 0.1) is 15.2 Å². The van der Waals surface area contributed by atoms with Crippen molar-refractivity contribution in [3.8, 4) is 11.3 Å². The van der Waals surface area contributed by atoms with Crippen molar-refractivity contribution in [1.82, 2.24) is 0 Å². The third kappa shape index (κ3) is 2.42. The summed E-state index contributed by atoms with van der Waals surface area (Å²) in [7, 11) is 0. The van der Waals surface area contributed by atoms with Crippen LogP contribution in [0.25, 0.3) is 22.3 Å². The maximum atomic E-state index is 12.3. The summed E-state index contributed by atoms with van der Waals surface area (Å²) in [5.74, 6) is -0.228. The highest BCUT2D eigenvalue weighted by molar-refractivity contribution is 5.83. The van der Waals surface area contributed by atoms with Crippen LogP contribution in [-0.4, -0.2) is 9.85 Å². The monoisotopic (exact) mass is 312 g/mol. The number of nitro benzene ring substituents is 1. The summed E-state index contributed by atoms with van der Waals surface area (Å²) >= 11 is 0. The molecular formula is C15H8N2O6. The molecule has 8 nitrogen and oxygen atoms in total. The number of nitro groups is 2. The summed E-state index contributed by atoms with van der Waals surface area (Å²) in [5, 5.41) is 22.1. The molecule has 0 radical (unpaired) electrons. The van der Waals surface area contributed by atoms with Gasteiger partial charge in [-0.1, -0.05) is 12.1 Å². The van der Waals surface area contributed by atoms with E-state index >= 15 is 0 Å². The molecule has 0 amide bonds. The first-order valence-corrected chi connectivity index (χ1v) is 6.44. The fourth-order valence-electron chi connectivity index (χ4n) is 2.23. The van der Waals surface area contributed by atoms with Crippen LogP contribution in [-0.2, 0) is 0 Å². The smallest absolute Gasteiger partial charge is 0.359 e. The Balaban J connectivity index is 2.31. The molecule has 0 bridgehead atoms. The number of hydrogen-bond donors (Lipinski definition) is 0. The highest BCUT2D eigenvalue weighted by atomic mass is 16.6. The molecule has 23 heavy (non-hydrogen) atoms. The maximum absolute atomic E-state index is 12.3. The Kier molecular flexibility index (Phi) is 3.34. The third-order valence-corrected chi connectivity index (χ3v) is 3.30. The van der Waals surface area contributed by atoms with Crippen LogP contribution < -0.4 is 5.43 Å². The second kappa shape index (κ2) is 5.34. The standard InChI is InChI=1S/C15H8N2O6/c18-14-11-3-1-2-4-12(11)23-15(13(14)17(21)22)9-5-7-10(8-6-9)16(19)20/h1-8H. The van der Waals surface area contributed by atoms with Crippen LogP contribution in [0, 0.1) is 20.2 Å². The van der Waals surface area contributed by atoms with Gasteiger partial charge in [0.25, 0.3) is 11.1 Å². The van der Waals surface area contributed by atoms with Gasteiger partial charge in [0.1, 0.15) is 5.58 Å². The van der Waals surface area contributed by atoms with Gasteiger partial charge in [-0.05, 0) is 24.3 Å². The molecule has 0 unspecified atom stereocenters. The van der Waals surface area contributed by atoms with Crippen LogP contribution in [0.5, 0.6) is 0 Å². The van der Waals surface area contributed by atoms with E-state index in [-0.39, 0.29) is 28.0 Å². The van der Waals surface area contributed by atoms with E-state index in [2.05, 4.69) is 0 Å². The number of hydrogen-bond acceptors (Lipinski definition) is 6. The van der Waals surface area contributed by atoms with Crippen molar-refractivity contribution in [1.29, 1.82) is 0 Å². The minimum atomic E-state index is -0.810. The largest absolute Gasteiger partial charge is 0.449 e. The van der Waals surface area contributed by atoms with Crippen LogP contribution in [0.4, 0.5) is 11.4 Å². The molecule has 1 aromatic heterocycles. The Labute approximate surface area is 127 Å². The van der Waals surface area contributed by atoms with Crippen LogP contribution in [0.1, 0.15) is 0 Å². The average Bonchev–Trinajstić information content (AvgIpc) is 2.54. The van der Waals surface area contributed by atoms with Gasteiger partial charge in [0.15, 0.2) is 0 Å². The van der Waals surface area contributed by atoms with Crippen molar-refractivity contribution in [3.63, 3.8) is 0 Å². The number of nitrogens with zero attached hydrogens (tertiary/aromatic N) is 2. The third-order valence-electron chi connectivity index (χ3n) is 3.30. The lowest BCUT2D eigenvalue weighted by Crippen LogP contribution is -2.10. The number of rotatable bonds is 3. The molecular weight excluding hydrogens is 304 g/mol. The molecule has 8 heteroatoms. The minimum Gasteiger partial charge on any atom is -0.449 e. The predicted molar refractivity (Wildman–Crippen MR) is 81.2 cm³/mol. The second-order valence-corrected chi connectivity index (χ2v) is 4.67. The molecule has 0 atom stereocenters. The molecule has 1 heterocycles. The Morgan fingerprint density at radius 2 is 1.52 bits per heavy atom. The van der Waals surface area contributed by atoms with Gasteiger partial charge in [0.2, 0.25) is 5.76 Å². The van der Waals surface area contributed by atoms with Crippen molar-refractivity contribution in [2.75, 3.05) is 0 Å². The molecule has 0 aliphatic rings. The molecule has 0 N–H and O–H groups in total. The van der Waals surface area contributed by atoms with E-state index in [9.17, 15) is 25.0 Å². The van der Waals surface area contributed by atoms with Gasteiger partial charge in [-0.15, -0.1) is 0 Å². The summed E-state index contributed by atoms with van der Waals surface area (Å²) in [6.45, 7) is 0. The summed E-state index contributed by atoms with van der Waals surface area (Å²) in [6.07, 6.45) is 0. The van der Waals surface area contributed by atoms with E-state index in [0.717, 1.165) is 0 Å². The molecule has 0 aliphatic carbocycles. The fraction of sp³-hybridized carbons (Fsp3) is 0. The number of non-ortho nitro benzene ring substituents is 1. The van der Waals surface area contributed by atoms with Gasteiger partial charge in [0, 0.05) is 17.7 Å². The van der Waals surface area contributed by atoms with Crippen molar-refractivity contribution < 1.29 is 14.3 Å². The molecule has 0 saturated carbocycles. The molecule has 3 aromatic rings. The highest BCUT2D eigenvalue weighted by Gasteiger charge is 2.25. The average molecular weight is 312 g/mol. The van der Waals surface area contributed by atoms with E-state index in [1.54, 1.807) is 12.1 Å². The zero-order valence-electron chi connectivity index (χ0n) is 11.5. The topological polar surface area (TPSA) is 116 Å². The lowest BCUT2D eigenvalue weighted by Gasteiger charge is -2.04. The Bertz CT molecular complexity index is 991. The molecule has 0 spiro atoms. The second-order valence-electron chi connectivity index (χ2n) is 4.67. The summed E-state index contributed by atoms with van der Waals surface area (Å²) in [4.78, 5) is 32.9. The lowest BCUT2D eigenvalue weighted by atomic mass is 10.1. The first kappa shape index (κ1) is 14.4. The van der Waals surface area contributed by atoms with Gasteiger partial charge in [-0.3, -0.25) is 25.0 Å². The number of benzene rings is 2. The van der Waals surface area contributed by atoms with Gasteiger partial charge >= 0.3 is 5.69 Å². The zero-order chi connectivity index (χ0) is 16.6. The maximum Gasteiger partial charge on any atom is 0.359 e. The SMILES string of the molecule is O=c1c([N+](=O)[O-])c(-c2ccc([N+](=O)[O-])cc2)oc2ccccc12. The summed E-state index contributed by atoms with van der Waals surface area (Å²) in [6, 6.07) is 11.2. The quantitative estimate of drug-likeness (QED) is 0.541. The van der Waals surface area contributed by atoms with E-state index in [4.69, 9.17) is 4.42 Å². The van der Waals surface area contributed by atoms with Gasteiger partial charge in [-0.2, -0.15) is 0 Å². The fourth-order valence-corrected chi connectivity index (χ4v) is 2.23. The van der Waals surface area contributed by atoms with Crippen molar-refractivity contribution >= 4 is 22.3 Å². The normalized spacial score (nSPS) is 10.6. The van der Waals surface area contributed by atoms with E-state index < -0.39 is 21.0 Å². The van der Waals surface area contributed by atoms with Crippen LogP contribution in [0.3, 0.4) is 0 Å². The Morgan fingerprint density at radius 1 is 0.870 bits per heavy atom. The first-order chi connectivity index (χ1) is 11.0. The van der Waals surface area contributed by atoms with E-state index in [1.165, 1.54) is 36.4 Å². The Morgan fingerprint density at radius 3 is 2.13 bits per heavy atom. The van der Waals surface area contributed by atoms with Crippen molar-refractivity contribution in [3.05, 3.63) is 79.0 Å². The predicted octanol–water partition coefficient (Wildman–Crippen LogP) is 3.28. The summed E-state index contributed by atoms with van der Waals surface area (Å²) in [5.41, 5.74) is -1.20. The highest BCUT2D eigenvalue weighted by Crippen LogP contribution is 2.31. The molecule has 3 rings (SSSR count). The summed E-state index contributed by atoms with van der Waals surface area (Å²) < 4.78 is 5.51. The number of fused-ring (bicyclic) bond motifs is 1. The van der Waals surface area contributed by atoms with Crippen molar-refractivity contribution in [2.45, 2.75) is 0 Å². The molecule has 0 aliphatic heterocycles. The minimum absolute atomic E-state index is 0.102. The van der Waals surface area contributed by atoms with Crippen LogP contribution in [0.15, 0.2) is 57.7 Å². The lowest BCUT2D eigenvalue weighted by molar-refractivity contribution is -0.386. The van der Waals surface area contributed by atoms with E-state index in [1.807, 2.05) is 0 Å². The first-order valence-electron chi connectivity index (χ1n) is 6.44. The zero-order valence-corrected chi connectivity index (χ0v) is 11.5. The van der Waals surface area contributed by atoms with Crippen LogP contribution >= 0.6 is 0 Å². The number of para-hydroxylation sites is 1. The molecule has 2 aromatic carbocycles. The molecule has 0 saturated heterocycles. The van der Waals surface area contributed by atoms with Crippen molar-refractivity contribution in [2.24, 2.45) is 0 Å². The Hall–Kier alpha value is -3.55.